The topological polar surface area (TPSA) is 35.6 Å². The molecule has 0 bridgehead atoms. The molecule has 4 nitrogen and oxygen atoms in total. The van der Waals surface area contributed by atoms with Crippen LogP contribution in [0.1, 0.15) is 38.5 Å². The Morgan fingerprint density at radius 2 is 1.70 bits per heavy atom. The van der Waals surface area contributed by atoms with E-state index >= 15 is 0 Å². The van der Waals surface area contributed by atoms with Crippen molar-refractivity contribution in [1.29, 1.82) is 0 Å². The first-order chi connectivity index (χ1) is 9.61. The zero-order chi connectivity index (χ0) is 13.8. The summed E-state index contributed by atoms with van der Waals surface area (Å²) in [5.74, 6) is 0.255. The average Bonchev–Trinajstić information content (AvgIpc) is 3.03. The van der Waals surface area contributed by atoms with Crippen LogP contribution in [0.4, 0.5) is 0 Å². The highest BCUT2D eigenvalue weighted by atomic mass is 16.2. The molecule has 4 aliphatic rings. The van der Waals surface area contributed by atoms with Crippen LogP contribution < -0.4 is 5.32 Å². The van der Waals surface area contributed by atoms with Gasteiger partial charge in [-0.15, -0.1) is 0 Å². The summed E-state index contributed by atoms with van der Waals surface area (Å²) in [4.78, 5) is 17.1. The summed E-state index contributed by atoms with van der Waals surface area (Å²) in [6.07, 6.45) is 7.89. The van der Waals surface area contributed by atoms with E-state index in [2.05, 4.69) is 22.2 Å². The number of amides is 1. The van der Waals surface area contributed by atoms with Crippen LogP contribution in [0.2, 0.25) is 0 Å². The van der Waals surface area contributed by atoms with E-state index in [-0.39, 0.29) is 5.91 Å². The van der Waals surface area contributed by atoms with Gasteiger partial charge < -0.3 is 10.2 Å². The highest BCUT2D eigenvalue weighted by Crippen LogP contribution is 2.59. The molecular formula is C16H27N3O. The van der Waals surface area contributed by atoms with Crippen molar-refractivity contribution in [3.8, 4) is 0 Å². The molecule has 4 rings (SSSR count). The first-order valence-electron chi connectivity index (χ1n) is 8.31. The molecule has 2 atom stereocenters. The van der Waals surface area contributed by atoms with Crippen molar-refractivity contribution < 1.29 is 4.79 Å². The first-order valence-corrected chi connectivity index (χ1v) is 8.31. The van der Waals surface area contributed by atoms with Gasteiger partial charge in [-0.1, -0.05) is 12.8 Å². The normalized spacial score (nSPS) is 41.5. The second-order valence-electron chi connectivity index (χ2n) is 7.93. The van der Waals surface area contributed by atoms with Gasteiger partial charge in [0.1, 0.15) is 0 Å². The van der Waals surface area contributed by atoms with Crippen molar-refractivity contribution in [3.05, 3.63) is 0 Å². The van der Waals surface area contributed by atoms with Gasteiger partial charge in [0.15, 0.2) is 0 Å². The summed E-state index contributed by atoms with van der Waals surface area (Å²) in [7, 11) is 2.28. The van der Waals surface area contributed by atoms with E-state index in [0.717, 1.165) is 13.1 Å². The largest absolute Gasteiger partial charge is 0.352 e. The third kappa shape index (κ3) is 2.00. The van der Waals surface area contributed by atoms with Crippen molar-refractivity contribution in [1.82, 2.24) is 15.1 Å². The fraction of sp³-hybridized carbons (Fsp3) is 0.938. The van der Waals surface area contributed by atoms with Crippen molar-refractivity contribution in [2.24, 2.45) is 10.8 Å². The van der Waals surface area contributed by atoms with Crippen molar-refractivity contribution >= 4 is 5.91 Å². The summed E-state index contributed by atoms with van der Waals surface area (Å²) < 4.78 is 0. The number of hydrogen-bond acceptors (Lipinski definition) is 3. The Hall–Kier alpha value is -0.610. The van der Waals surface area contributed by atoms with Gasteiger partial charge in [0.05, 0.1) is 6.54 Å². The summed E-state index contributed by atoms with van der Waals surface area (Å²) in [6, 6.07) is 0.495. The highest BCUT2D eigenvalue weighted by Gasteiger charge is 2.62. The number of nitrogens with zero attached hydrogens (tertiary/aromatic N) is 2. The molecule has 4 heteroatoms. The SMILES string of the molecule is CN1CC23CCCCC2(C1)CN(CC(=O)NC1CC1)C3. The number of hydrogen-bond donors (Lipinski definition) is 1. The second kappa shape index (κ2) is 4.44. The van der Waals surface area contributed by atoms with Gasteiger partial charge in [-0.3, -0.25) is 9.69 Å². The number of likely N-dealkylation sites (tertiary alicyclic amines) is 2. The molecule has 0 aromatic carbocycles. The lowest BCUT2D eigenvalue weighted by Crippen LogP contribution is -2.42. The van der Waals surface area contributed by atoms with E-state index in [4.69, 9.17) is 0 Å². The van der Waals surface area contributed by atoms with Crippen molar-refractivity contribution in [3.63, 3.8) is 0 Å². The van der Waals surface area contributed by atoms with Gasteiger partial charge in [-0.05, 0) is 32.7 Å². The Balaban J connectivity index is 1.46. The third-order valence-electron chi connectivity index (χ3n) is 6.19. The summed E-state index contributed by atoms with van der Waals surface area (Å²) >= 11 is 0. The van der Waals surface area contributed by atoms with Crippen LogP contribution in [0.3, 0.4) is 0 Å². The summed E-state index contributed by atoms with van der Waals surface area (Å²) in [5, 5.41) is 3.14. The van der Waals surface area contributed by atoms with Crippen LogP contribution in [0.15, 0.2) is 0 Å². The van der Waals surface area contributed by atoms with Gasteiger partial charge in [0, 0.05) is 43.1 Å². The van der Waals surface area contributed by atoms with Gasteiger partial charge in [0.25, 0.3) is 0 Å². The number of carbonyl (C=O) groups excluding carboxylic acids is 1. The molecule has 0 aromatic heterocycles. The molecule has 2 heterocycles. The molecule has 2 aliphatic heterocycles. The predicted octanol–water partition coefficient (Wildman–Crippen LogP) is 1.07. The van der Waals surface area contributed by atoms with Crippen LogP contribution in [-0.4, -0.2) is 61.5 Å². The Labute approximate surface area is 121 Å². The quantitative estimate of drug-likeness (QED) is 0.838. The minimum atomic E-state index is 0.255. The predicted molar refractivity (Wildman–Crippen MR) is 78.4 cm³/mol. The fourth-order valence-electron chi connectivity index (χ4n) is 5.36. The minimum absolute atomic E-state index is 0.255. The molecule has 1 N–H and O–H groups in total. The molecule has 2 saturated carbocycles. The molecule has 0 spiro atoms. The van der Waals surface area contributed by atoms with Crippen LogP contribution >= 0.6 is 0 Å². The third-order valence-corrected chi connectivity index (χ3v) is 6.19. The van der Waals surface area contributed by atoms with E-state index in [1.54, 1.807) is 0 Å². The highest BCUT2D eigenvalue weighted by molar-refractivity contribution is 5.78. The van der Waals surface area contributed by atoms with E-state index in [1.807, 2.05) is 0 Å². The van der Waals surface area contributed by atoms with Gasteiger partial charge in [-0.2, -0.15) is 0 Å². The van der Waals surface area contributed by atoms with Crippen molar-refractivity contribution in [2.75, 3.05) is 39.8 Å². The van der Waals surface area contributed by atoms with Crippen LogP contribution in [0.5, 0.6) is 0 Å². The van der Waals surface area contributed by atoms with E-state index < -0.39 is 0 Å². The fourth-order valence-corrected chi connectivity index (χ4v) is 5.36. The lowest BCUT2D eigenvalue weighted by atomic mass is 9.60. The zero-order valence-electron chi connectivity index (χ0n) is 12.7. The second-order valence-corrected chi connectivity index (χ2v) is 7.93. The maximum Gasteiger partial charge on any atom is 0.234 e. The standard InChI is InChI=1S/C16H27N3O/c1-18-9-15-6-2-3-7-16(15,10-18)12-19(11-15)8-14(20)17-13-4-5-13/h13H,2-12H2,1H3,(H,17,20). The monoisotopic (exact) mass is 277 g/mol. The minimum Gasteiger partial charge on any atom is -0.352 e. The van der Waals surface area contributed by atoms with E-state index in [0.29, 0.717) is 23.4 Å². The van der Waals surface area contributed by atoms with Gasteiger partial charge in [-0.25, -0.2) is 0 Å². The van der Waals surface area contributed by atoms with Crippen LogP contribution in [0.25, 0.3) is 0 Å². The molecule has 2 aliphatic carbocycles. The molecule has 20 heavy (non-hydrogen) atoms. The van der Waals surface area contributed by atoms with Gasteiger partial charge in [0.2, 0.25) is 5.91 Å². The lowest BCUT2D eigenvalue weighted by Gasteiger charge is -2.42. The maximum atomic E-state index is 12.1. The summed E-state index contributed by atoms with van der Waals surface area (Å²) in [5.41, 5.74) is 0.972. The van der Waals surface area contributed by atoms with E-state index in [9.17, 15) is 4.79 Å². The van der Waals surface area contributed by atoms with E-state index in [1.165, 1.54) is 51.6 Å². The number of nitrogens with one attached hydrogen (secondary N) is 1. The smallest absolute Gasteiger partial charge is 0.234 e. The van der Waals surface area contributed by atoms with Crippen LogP contribution in [-0.2, 0) is 4.79 Å². The molecule has 1 amide bonds. The average molecular weight is 277 g/mol. The number of rotatable bonds is 3. The van der Waals surface area contributed by atoms with Gasteiger partial charge >= 0.3 is 0 Å². The maximum absolute atomic E-state index is 12.1. The Morgan fingerprint density at radius 3 is 2.25 bits per heavy atom. The molecule has 0 radical (unpaired) electrons. The zero-order valence-corrected chi connectivity index (χ0v) is 12.7. The molecule has 112 valence electrons. The molecular weight excluding hydrogens is 250 g/mol. The summed E-state index contributed by atoms with van der Waals surface area (Å²) in [6.45, 7) is 5.41. The first kappa shape index (κ1) is 13.1. The Kier molecular flexibility index (Phi) is 2.90. The molecule has 2 unspecified atom stereocenters. The molecule has 4 fully saturated rings. The van der Waals surface area contributed by atoms with Crippen molar-refractivity contribution in [2.45, 2.75) is 44.6 Å². The molecule has 2 saturated heterocycles. The molecule has 0 aromatic rings. The Bertz CT molecular complexity index is 398. The van der Waals surface area contributed by atoms with Crippen LogP contribution in [0, 0.1) is 10.8 Å². The number of carbonyl (C=O) groups is 1. The lowest BCUT2D eigenvalue weighted by molar-refractivity contribution is -0.122. The Morgan fingerprint density at radius 1 is 1.10 bits per heavy atom.